The average Bonchev–Trinajstić information content (AvgIpc) is 2.63. The minimum absolute atomic E-state index is 0.708. The SMILES string of the molecule is CCCC(Br)CCc1ccc(CC)s1. The van der Waals surface area contributed by atoms with E-state index in [0.717, 1.165) is 0 Å². The van der Waals surface area contributed by atoms with Crippen LogP contribution in [0.2, 0.25) is 0 Å². The summed E-state index contributed by atoms with van der Waals surface area (Å²) in [6, 6.07) is 4.55. The van der Waals surface area contributed by atoms with Gasteiger partial charge in [-0.25, -0.2) is 0 Å². The predicted octanol–water partition coefficient (Wildman–Crippen LogP) is 4.81. The Bertz CT molecular complexity index is 255. The van der Waals surface area contributed by atoms with E-state index >= 15 is 0 Å². The molecular formula is C12H19BrS. The number of rotatable bonds is 6. The zero-order valence-corrected chi connectivity index (χ0v) is 11.5. The van der Waals surface area contributed by atoms with Gasteiger partial charge in [0.2, 0.25) is 0 Å². The Kier molecular flexibility index (Phi) is 5.80. The molecular weight excluding hydrogens is 256 g/mol. The van der Waals surface area contributed by atoms with Crippen molar-refractivity contribution in [3.63, 3.8) is 0 Å². The van der Waals surface area contributed by atoms with E-state index in [-0.39, 0.29) is 0 Å². The highest BCUT2D eigenvalue weighted by Gasteiger charge is 2.04. The van der Waals surface area contributed by atoms with Crippen LogP contribution in [0, 0.1) is 0 Å². The first-order valence-corrected chi connectivity index (χ1v) is 7.21. The zero-order chi connectivity index (χ0) is 10.4. The summed E-state index contributed by atoms with van der Waals surface area (Å²) in [5.74, 6) is 0. The van der Waals surface area contributed by atoms with Crippen molar-refractivity contribution in [2.45, 2.75) is 50.8 Å². The summed E-state index contributed by atoms with van der Waals surface area (Å²) in [6.45, 7) is 4.47. The fourth-order valence-electron chi connectivity index (χ4n) is 1.50. The molecule has 0 saturated heterocycles. The molecule has 0 aliphatic rings. The smallest absolute Gasteiger partial charge is 0.0149 e. The van der Waals surface area contributed by atoms with Gasteiger partial charge in [-0.3, -0.25) is 0 Å². The van der Waals surface area contributed by atoms with E-state index in [1.54, 1.807) is 4.88 Å². The van der Waals surface area contributed by atoms with Crippen LogP contribution in [0.3, 0.4) is 0 Å². The first kappa shape index (κ1) is 12.3. The van der Waals surface area contributed by atoms with Crippen LogP contribution in [0.5, 0.6) is 0 Å². The molecule has 0 N–H and O–H groups in total. The van der Waals surface area contributed by atoms with Crippen LogP contribution in [0.1, 0.15) is 42.9 Å². The van der Waals surface area contributed by atoms with Gasteiger partial charge in [0.15, 0.2) is 0 Å². The van der Waals surface area contributed by atoms with E-state index in [1.807, 2.05) is 11.3 Å². The zero-order valence-electron chi connectivity index (χ0n) is 9.05. The fraction of sp³-hybridized carbons (Fsp3) is 0.667. The Morgan fingerprint density at radius 2 is 1.93 bits per heavy atom. The molecule has 1 heterocycles. The second kappa shape index (κ2) is 6.62. The van der Waals surface area contributed by atoms with Crippen LogP contribution in [0.25, 0.3) is 0 Å². The molecule has 80 valence electrons. The molecule has 14 heavy (non-hydrogen) atoms. The second-order valence-corrected chi connectivity index (χ2v) is 6.19. The Morgan fingerprint density at radius 3 is 2.50 bits per heavy atom. The average molecular weight is 275 g/mol. The lowest BCUT2D eigenvalue weighted by Crippen LogP contribution is -1.98. The molecule has 1 unspecified atom stereocenters. The molecule has 0 bridgehead atoms. The molecule has 0 nitrogen and oxygen atoms in total. The van der Waals surface area contributed by atoms with E-state index in [4.69, 9.17) is 0 Å². The Morgan fingerprint density at radius 1 is 1.21 bits per heavy atom. The van der Waals surface area contributed by atoms with Crippen LogP contribution >= 0.6 is 27.3 Å². The molecule has 0 saturated carbocycles. The minimum Gasteiger partial charge on any atom is -0.145 e. The highest BCUT2D eigenvalue weighted by atomic mass is 79.9. The molecule has 1 rings (SSSR count). The van der Waals surface area contributed by atoms with Gasteiger partial charge in [-0.05, 0) is 37.8 Å². The van der Waals surface area contributed by atoms with E-state index in [9.17, 15) is 0 Å². The fourth-order valence-corrected chi connectivity index (χ4v) is 3.16. The molecule has 0 aliphatic carbocycles. The summed E-state index contributed by atoms with van der Waals surface area (Å²) in [5, 5.41) is 0. The standard InChI is InChI=1S/C12H19BrS/c1-3-5-10(13)6-7-12-9-8-11(4-2)14-12/h8-10H,3-7H2,1-2H3. The topological polar surface area (TPSA) is 0 Å². The number of aryl methyl sites for hydroxylation is 2. The van der Waals surface area contributed by atoms with Crippen molar-refractivity contribution in [2.75, 3.05) is 0 Å². The molecule has 0 amide bonds. The monoisotopic (exact) mass is 274 g/mol. The van der Waals surface area contributed by atoms with Gasteiger partial charge in [0.05, 0.1) is 0 Å². The third-order valence-corrected chi connectivity index (χ3v) is 4.58. The van der Waals surface area contributed by atoms with Gasteiger partial charge in [-0.2, -0.15) is 0 Å². The van der Waals surface area contributed by atoms with E-state index < -0.39 is 0 Å². The number of hydrogen-bond donors (Lipinski definition) is 0. The minimum atomic E-state index is 0.708. The summed E-state index contributed by atoms with van der Waals surface area (Å²) in [6.07, 6.45) is 6.27. The van der Waals surface area contributed by atoms with E-state index in [1.165, 1.54) is 37.0 Å². The van der Waals surface area contributed by atoms with Crippen LogP contribution in [0.4, 0.5) is 0 Å². The molecule has 1 aromatic heterocycles. The van der Waals surface area contributed by atoms with Gasteiger partial charge in [-0.15, -0.1) is 11.3 Å². The Balaban J connectivity index is 2.30. The summed E-state index contributed by atoms with van der Waals surface area (Å²) in [4.78, 5) is 3.77. The molecule has 2 heteroatoms. The van der Waals surface area contributed by atoms with Crippen molar-refractivity contribution in [3.05, 3.63) is 21.9 Å². The third-order valence-electron chi connectivity index (χ3n) is 2.37. The van der Waals surface area contributed by atoms with Crippen LogP contribution < -0.4 is 0 Å². The van der Waals surface area contributed by atoms with Crippen LogP contribution in [0.15, 0.2) is 12.1 Å². The third kappa shape index (κ3) is 4.14. The van der Waals surface area contributed by atoms with Gasteiger partial charge in [0.25, 0.3) is 0 Å². The van der Waals surface area contributed by atoms with Crippen molar-refractivity contribution >= 4 is 27.3 Å². The number of thiophene rings is 1. The number of halogens is 1. The summed E-state index contributed by atoms with van der Waals surface area (Å²) in [7, 11) is 0. The van der Waals surface area contributed by atoms with Gasteiger partial charge in [-0.1, -0.05) is 36.2 Å². The van der Waals surface area contributed by atoms with Gasteiger partial charge in [0.1, 0.15) is 0 Å². The van der Waals surface area contributed by atoms with Crippen molar-refractivity contribution in [1.29, 1.82) is 0 Å². The lowest BCUT2D eigenvalue weighted by atomic mass is 10.1. The predicted molar refractivity (Wildman–Crippen MR) is 69.6 cm³/mol. The molecule has 0 aromatic carbocycles. The molecule has 1 aromatic rings. The van der Waals surface area contributed by atoms with Crippen molar-refractivity contribution in [2.24, 2.45) is 0 Å². The number of hydrogen-bond acceptors (Lipinski definition) is 1. The molecule has 0 radical (unpaired) electrons. The summed E-state index contributed by atoms with van der Waals surface area (Å²) < 4.78 is 0. The second-order valence-electron chi connectivity index (χ2n) is 3.65. The Labute approximate surface area is 99.9 Å². The van der Waals surface area contributed by atoms with E-state index in [2.05, 4.69) is 41.9 Å². The van der Waals surface area contributed by atoms with Crippen LogP contribution in [-0.4, -0.2) is 4.83 Å². The molecule has 0 spiro atoms. The van der Waals surface area contributed by atoms with Crippen molar-refractivity contribution < 1.29 is 0 Å². The summed E-state index contributed by atoms with van der Waals surface area (Å²) in [5.41, 5.74) is 0. The van der Waals surface area contributed by atoms with Gasteiger partial charge < -0.3 is 0 Å². The molecule has 0 fully saturated rings. The van der Waals surface area contributed by atoms with Gasteiger partial charge >= 0.3 is 0 Å². The normalized spacial score (nSPS) is 13.1. The first-order chi connectivity index (χ1) is 6.76. The van der Waals surface area contributed by atoms with E-state index in [0.29, 0.717) is 4.83 Å². The Hall–Kier alpha value is 0.180. The maximum Gasteiger partial charge on any atom is 0.0149 e. The van der Waals surface area contributed by atoms with Gasteiger partial charge in [0, 0.05) is 14.6 Å². The molecule has 0 aliphatic heterocycles. The van der Waals surface area contributed by atoms with Crippen molar-refractivity contribution in [3.8, 4) is 0 Å². The first-order valence-electron chi connectivity index (χ1n) is 5.47. The highest BCUT2D eigenvalue weighted by Crippen LogP contribution is 2.21. The summed E-state index contributed by atoms with van der Waals surface area (Å²) >= 11 is 5.70. The number of alkyl halides is 1. The quantitative estimate of drug-likeness (QED) is 0.654. The maximum atomic E-state index is 3.72. The maximum absolute atomic E-state index is 3.72. The lowest BCUT2D eigenvalue weighted by Gasteiger charge is -2.06. The highest BCUT2D eigenvalue weighted by molar-refractivity contribution is 9.09. The van der Waals surface area contributed by atoms with Crippen LogP contribution in [-0.2, 0) is 12.8 Å². The molecule has 1 atom stereocenters. The van der Waals surface area contributed by atoms with Crippen molar-refractivity contribution in [1.82, 2.24) is 0 Å². The largest absolute Gasteiger partial charge is 0.145 e. The lowest BCUT2D eigenvalue weighted by molar-refractivity contribution is 0.697.